The molecule has 0 aliphatic carbocycles. The lowest BCUT2D eigenvalue weighted by atomic mass is 10.1. The van der Waals surface area contributed by atoms with Gasteiger partial charge in [0.15, 0.2) is 0 Å². The van der Waals surface area contributed by atoms with E-state index in [4.69, 9.17) is 5.73 Å². The van der Waals surface area contributed by atoms with Gasteiger partial charge in [0.2, 0.25) is 11.8 Å². The SMILES string of the molecule is CC.CCC(=O)NC(CCCCN)C(=O)NC(C)C. The maximum atomic E-state index is 11.8. The second kappa shape index (κ2) is 13.3. The highest BCUT2D eigenvalue weighted by atomic mass is 16.2. The average Bonchev–Trinajstić information content (AvgIpc) is 2.39. The van der Waals surface area contributed by atoms with Gasteiger partial charge in [-0.3, -0.25) is 9.59 Å². The lowest BCUT2D eigenvalue weighted by Gasteiger charge is -2.19. The molecule has 0 aromatic carbocycles. The van der Waals surface area contributed by atoms with Gasteiger partial charge < -0.3 is 16.4 Å². The standard InChI is InChI=1S/C12H25N3O2.C2H6/c1-4-11(16)15-10(7-5-6-8-13)12(17)14-9(2)3;1-2/h9-10H,4-8,13H2,1-3H3,(H,14,17)(H,15,16);1-2H3. The Kier molecular flexibility index (Phi) is 14.2. The first-order valence-electron chi connectivity index (χ1n) is 7.31. The van der Waals surface area contributed by atoms with Crippen LogP contribution in [0, 0.1) is 0 Å². The number of carbonyl (C=O) groups excluding carboxylic acids is 2. The Morgan fingerprint density at radius 1 is 1.11 bits per heavy atom. The Hall–Kier alpha value is -1.10. The summed E-state index contributed by atoms with van der Waals surface area (Å²) in [5.41, 5.74) is 5.41. The van der Waals surface area contributed by atoms with Gasteiger partial charge in [-0.15, -0.1) is 0 Å². The molecule has 2 amide bonds. The van der Waals surface area contributed by atoms with E-state index in [2.05, 4.69) is 10.6 Å². The Morgan fingerprint density at radius 2 is 1.68 bits per heavy atom. The van der Waals surface area contributed by atoms with E-state index in [-0.39, 0.29) is 17.9 Å². The van der Waals surface area contributed by atoms with Crippen LogP contribution in [-0.2, 0) is 9.59 Å². The average molecular weight is 273 g/mol. The second-order valence-corrected chi connectivity index (χ2v) is 4.42. The molecule has 0 rings (SSSR count). The molecule has 5 nitrogen and oxygen atoms in total. The van der Waals surface area contributed by atoms with Crippen LogP contribution in [0.1, 0.15) is 60.3 Å². The molecule has 114 valence electrons. The molecule has 0 fully saturated rings. The second-order valence-electron chi connectivity index (χ2n) is 4.42. The zero-order valence-electron chi connectivity index (χ0n) is 13.1. The van der Waals surface area contributed by atoms with E-state index in [0.717, 1.165) is 12.8 Å². The summed E-state index contributed by atoms with van der Waals surface area (Å²) in [7, 11) is 0. The third-order valence-electron chi connectivity index (χ3n) is 2.35. The van der Waals surface area contributed by atoms with Crippen molar-refractivity contribution < 1.29 is 9.59 Å². The lowest BCUT2D eigenvalue weighted by Crippen LogP contribution is -2.48. The van der Waals surface area contributed by atoms with Crippen molar-refractivity contribution in [1.29, 1.82) is 0 Å². The third-order valence-corrected chi connectivity index (χ3v) is 2.35. The van der Waals surface area contributed by atoms with Gasteiger partial charge in [-0.1, -0.05) is 20.8 Å². The molecule has 0 heterocycles. The summed E-state index contributed by atoms with van der Waals surface area (Å²) in [6.07, 6.45) is 2.74. The van der Waals surface area contributed by atoms with Crippen LogP contribution in [0.4, 0.5) is 0 Å². The van der Waals surface area contributed by atoms with Crippen LogP contribution in [0.3, 0.4) is 0 Å². The summed E-state index contributed by atoms with van der Waals surface area (Å²) in [6, 6.07) is -0.352. The number of unbranched alkanes of at least 4 members (excludes halogenated alkanes) is 1. The van der Waals surface area contributed by atoms with Crippen LogP contribution in [0.25, 0.3) is 0 Å². The third kappa shape index (κ3) is 11.7. The van der Waals surface area contributed by atoms with E-state index in [0.29, 0.717) is 19.4 Å². The summed E-state index contributed by atoms with van der Waals surface area (Å²) in [4.78, 5) is 23.2. The van der Waals surface area contributed by atoms with Crippen LogP contribution >= 0.6 is 0 Å². The van der Waals surface area contributed by atoms with Gasteiger partial charge >= 0.3 is 0 Å². The molecule has 0 aliphatic rings. The minimum Gasteiger partial charge on any atom is -0.352 e. The first kappa shape index (κ1) is 20.2. The maximum Gasteiger partial charge on any atom is 0.242 e. The van der Waals surface area contributed by atoms with Crippen molar-refractivity contribution in [3.63, 3.8) is 0 Å². The zero-order chi connectivity index (χ0) is 15.3. The Balaban J connectivity index is 0. The lowest BCUT2D eigenvalue weighted by molar-refractivity contribution is -0.129. The minimum atomic E-state index is -0.434. The van der Waals surface area contributed by atoms with Crippen LogP contribution in [0.5, 0.6) is 0 Å². The van der Waals surface area contributed by atoms with Crippen molar-refractivity contribution in [3.8, 4) is 0 Å². The van der Waals surface area contributed by atoms with Crippen molar-refractivity contribution in [3.05, 3.63) is 0 Å². The van der Waals surface area contributed by atoms with Crippen molar-refractivity contribution in [1.82, 2.24) is 10.6 Å². The van der Waals surface area contributed by atoms with Crippen molar-refractivity contribution in [2.24, 2.45) is 5.73 Å². The van der Waals surface area contributed by atoms with Gasteiger partial charge in [-0.2, -0.15) is 0 Å². The Labute approximate surface area is 117 Å². The Bertz CT molecular complexity index is 243. The highest BCUT2D eigenvalue weighted by Gasteiger charge is 2.19. The van der Waals surface area contributed by atoms with Gasteiger partial charge in [0, 0.05) is 12.5 Å². The number of rotatable bonds is 8. The normalized spacial score (nSPS) is 11.3. The van der Waals surface area contributed by atoms with Gasteiger partial charge in [-0.05, 0) is 39.7 Å². The van der Waals surface area contributed by atoms with Crippen LogP contribution < -0.4 is 16.4 Å². The fraction of sp³-hybridized carbons (Fsp3) is 0.857. The fourth-order valence-electron chi connectivity index (χ4n) is 1.44. The van der Waals surface area contributed by atoms with Gasteiger partial charge in [0.1, 0.15) is 6.04 Å². The largest absolute Gasteiger partial charge is 0.352 e. The number of nitrogens with one attached hydrogen (secondary N) is 2. The van der Waals surface area contributed by atoms with Crippen molar-refractivity contribution in [2.45, 2.75) is 72.4 Å². The molecular formula is C14H31N3O2. The number of hydrogen-bond acceptors (Lipinski definition) is 3. The highest BCUT2D eigenvalue weighted by molar-refractivity contribution is 5.87. The molecule has 19 heavy (non-hydrogen) atoms. The van der Waals surface area contributed by atoms with E-state index >= 15 is 0 Å². The van der Waals surface area contributed by atoms with E-state index in [1.54, 1.807) is 6.92 Å². The van der Waals surface area contributed by atoms with Crippen molar-refractivity contribution in [2.75, 3.05) is 6.54 Å². The molecular weight excluding hydrogens is 242 g/mol. The molecule has 0 aromatic heterocycles. The summed E-state index contributed by atoms with van der Waals surface area (Å²) < 4.78 is 0. The smallest absolute Gasteiger partial charge is 0.242 e. The summed E-state index contributed by atoms with van der Waals surface area (Å²) in [5, 5.41) is 5.55. The van der Waals surface area contributed by atoms with E-state index < -0.39 is 6.04 Å². The predicted molar refractivity (Wildman–Crippen MR) is 79.8 cm³/mol. The molecule has 0 saturated carbocycles. The minimum absolute atomic E-state index is 0.0815. The monoisotopic (exact) mass is 273 g/mol. The summed E-state index contributed by atoms with van der Waals surface area (Å²) in [6.45, 7) is 10.2. The molecule has 0 radical (unpaired) electrons. The highest BCUT2D eigenvalue weighted by Crippen LogP contribution is 2.02. The molecule has 5 heteroatoms. The van der Waals surface area contributed by atoms with E-state index in [9.17, 15) is 9.59 Å². The number of carbonyl (C=O) groups is 2. The number of hydrogen-bond donors (Lipinski definition) is 3. The quantitative estimate of drug-likeness (QED) is 0.587. The molecule has 0 bridgehead atoms. The Morgan fingerprint density at radius 3 is 2.11 bits per heavy atom. The van der Waals surface area contributed by atoms with Crippen LogP contribution in [0.2, 0.25) is 0 Å². The van der Waals surface area contributed by atoms with Gasteiger partial charge in [0.05, 0.1) is 0 Å². The molecule has 1 unspecified atom stereocenters. The van der Waals surface area contributed by atoms with E-state index in [1.807, 2.05) is 27.7 Å². The number of amides is 2. The number of nitrogens with two attached hydrogens (primary N) is 1. The molecule has 4 N–H and O–H groups in total. The topological polar surface area (TPSA) is 84.2 Å². The van der Waals surface area contributed by atoms with Gasteiger partial charge in [0.25, 0.3) is 0 Å². The fourth-order valence-corrected chi connectivity index (χ4v) is 1.44. The molecule has 1 atom stereocenters. The molecule has 0 aromatic rings. The molecule has 0 spiro atoms. The molecule has 0 aliphatic heterocycles. The molecule has 0 saturated heterocycles. The van der Waals surface area contributed by atoms with Crippen LogP contribution in [-0.4, -0.2) is 30.4 Å². The van der Waals surface area contributed by atoms with Crippen LogP contribution in [0.15, 0.2) is 0 Å². The summed E-state index contributed by atoms with van der Waals surface area (Å²) in [5.74, 6) is -0.208. The van der Waals surface area contributed by atoms with E-state index in [1.165, 1.54) is 0 Å². The predicted octanol–water partition coefficient (Wildman–Crippen LogP) is 1.56. The maximum absolute atomic E-state index is 11.8. The first-order valence-corrected chi connectivity index (χ1v) is 7.31. The zero-order valence-corrected chi connectivity index (χ0v) is 13.1. The van der Waals surface area contributed by atoms with Gasteiger partial charge in [-0.25, -0.2) is 0 Å². The van der Waals surface area contributed by atoms with Crippen molar-refractivity contribution >= 4 is 11.8 Å². The summed E-state index contributed by atoms with van der Waals surface area (Å²) >= 11 is 0. The first-order chi connectivity index (χ1) is 9.01.